The highest BCUT2D eigenvalue weighted by atomic mass is 15.0. The molecule has 0 aliphatic carbocycles. The number of nitrogens with two attached hydrogens (primary N) is 1. The molecule has 0 fully saturated rings. The van der Waals surface area contributed by atoms with Gasteiger partial charge < -0.3 is 10.7 Å². The van der Waals surface area contributed by atoms with Crippen LogP contribution in [0.3, 0.4) is 0 Å². The fourth-order valence-electron chi connectivity index (χ4n) is 2.22. The molecule has 3 nitrogen and oxygen atoms in total. The van der Waals surface area contributed by atoms with E-state index in [2.05, 4.69) is 29.0 Å². The molecule has 2 rings (SSSR count). The van der Waals surface area contributed by atoms with Crippen molar-refractivity contribution in [2.75, 3.05) is 0 Å². The molecule has 19 heavy (non-hydrogen) atoms. The lowest BCUT2D eigenvalue weighted by Crippen LogP contribution is -2.11. The van der Waals surface area contributed by atoms with Crippen LogP contribution in [0.15, 0.2) is 36.5 Å². The molecule has 0 saturated heterocycles. The maximum absolute atomic E-state index is 6.17. The normalized spacial score (nSPS) is 12.5. The van der Waals surface area contributed by atoms with Gasteiger partial charge in [0.15, 0.2) is 0 Å². The first-order valence-corrected chi connectivity index (χ1v) is 7.17. The van der Waals surface area contributed by atoms with Crippen molar-refractivity contribution in [1.29, 1.82) is 0 Å². The second-order valence-corrected chi connectivity index (χ2v) is 5.00. The minimum absolute atomic E-state index is 0.0225. The minimum atomic E-state index is 0.0225. The molecule has 2 aromatic rings. The van der Waals surface area contributed by atoms with E-state index < -0.39 is 0 Å². The second-order valence-electron chi connectivity index (χ2n) is 5.00. The van der Waals surface area contributed by atoms with E-state index in [-0.39, 0.29) is 6.04 Å². The summed E-state index contributed by atoms with van der Waals surface area (Å²) in [6.07, 6.45) is 7.86. The Morgan fingerprint density at radius 3 is 2.68 bits per heavy atom. The third-order valence-electron chi connectivity index (χ3n) is 3.40. The fraction of sp³-hybridized carbons (Fsp3) is 0.438. The van der Waals surface area contributed by atoms with Gasteiger partial charge in [-0.3, -0.25) is 0 Å². The molecule has 0 aliphatic rings. The van der Waals surface area contributed by atoms with E-state index in [4.69, 9.17) is 5.73 Å². The van der Waals surface area contributed by atoms with Gasteiger partial charge in [-0.25, -0.2) is 4.98 Å². The Balaban J connectivity index is 1.93. The van der Waals surface area contributed by atoms with Crippen molar-refractivity contribution in [2.24, 2.45) is 5.73 Å². The second kappa shape index (κ2) is 7.10. The molecule has 1 heterocycles. The fourth-order valence-corrected chi connectivity index (χ4v) is 2.22. The summed E-state index contributed by atoms with van der Waals surface area (Å²) in [5, 5.41) is 0. The van der Waals surface area contributed by atoms with Crippen LogP contribution in [0.2, 0.25) is 0 Å². The largest absolute Gasteiger partial charge is 0.341 e. The van der Waals surface area contributed by atoms with Crippen molar-refractivity contribution in [3.8, 4) is 11.3 Å². The van der Waals surface area contributed by atoms with Crippen molar-refractivity contribution in [2.45, 2.75) is 45.1 Å². The van der Waals surface area contributed by atoms with Crippen LogP contribution < -0.4 is 5.73 Å². The Kier molecular flexibility index (Phi) is 5.16. The third-order valence-corrected chi connectivity index (χ3v) is 3.40. The van der Waals surface area contributed by atoms with E-state index >= 15 is 0 Å². The van der Waals surface area contributed by atoms with Gasteiger partial charge in [-0.15, -0.1) is 0 Å². The number of H-pyrrole nitrogens is 1. The van der Waals surface area contributed by atoms with Gasteiger partial charge in [0.25, 0.3) is 0 Å². The third kappa shape index (κ3) is 3.93. The number of rotatable bonds is 7. The predicted molar refractivity (Wildman–Crippen MR) is 79.7 cm³/mol. The zero-order chi connectivity index (χ0) is 13.5. The number of benzene rings is 1. The highest BCUT2D eigenvalue weighted by Crippen LogP contribution is 2.20. The number of hydrogen-bond donors (Lipinski definition) is 2. The summed E-state index contributed by atoms with van der Waals surface area (Å²) in [5.74, 6) is 0.898. The van der Waals surface area contributed by atoms with Gasteiger partial charge in [-0.05, 0) is 12.0 Å². The van der Waals surface area contributed by atoms with Crippen LogP contribution in [0.4, 0.5) is 0 Å². The Hall–Kier alpha value is -1.61. The molecule has 0 aliphatic heterocycles. The summed E-state index contributed by atoms with van der Waals surface area (Å²) in [6, 6.07) is 10.2. The van der Waals surface area contributed by atoms with Crippen molar-refractivity contribution >= 4 is 0 Å². The lowest BCUT2D eigenvalue weighted by atomic mass is 10.1. The zero-order valence-electron chi connectivity index (χ0n) is 11.6. The van der Waals surface area contributed by atoms with Gasteiger partial charge in [0.2, 0.25) is 0 Å². The van der Waals surface area contributed by atoms with Gasteiger partial charge in [-0.2, -0.15) is 0 Å². The van der Waals surface area contributed by atoms with E-state index in [9.17, 15) is 0 Å². The molecular formula is C16H23N3. The monoisotopic (exact) mass is 257 g/mol. The molecular weight excluding hydrogens is 234 g/mol. The molecule has 1 atom stereocenters. The molecule has 0 unspecified atom stereocenters. The van der Waals surface area contributed by atoms with Crippen LogP contribution in [0.1, 0.15) is 50.9 Å². The predicted octanol–water partition coefficient (Wildman–Crippen LogP) is 4.05. The maximum atomic E-state index is 6.17. The number of aromatic amines is 1. The highest BCUT2D eigenvalue weighted by molar-refractivity contribution is 5.58. The lowest BCUT2D eigenvalue weighted by Gasteiger charge is -2.08. The van der Waals surface area contributed by atoms with Gasteiger partial charge in [0.05, 0.1) is 17.9 Å². The van der Waals surface area contributed by atoms with Crippen molar-refractivity contribution in [3.05, 3.63) is 42.4 Å². The Morgan fingerprint density at radius 1 is 1.16 bits per heavy atom. The smallest absolute Gasteiger partial charge is 0.123 e. The average Bonchev–Trinajstić information content (AvgIpc) is 2.94. The van der Waals surface area contributed by atoms with E-state index in [0.29, 0.717) is 0 Å². The Morgan fingerprint density at radius 2 is 1.95 bits per heavy atom. The van der Waals surface area contributed by atoms with Gasteiger partial charge in [-0.1, -0.05) is 62.9 Å². The van der Waals surface area contributed by atoms with Crippen LogP contribution in [-0.4, -0.2) is 9.97 Å². The summed E-state index contributed by atoms with van der Waals surface area (Å²) in [4.78, 5) is 7.74. The summed E-state index contributed by atoms with van der Waals surface area (Å²) in [7, 11) is 0. The molecule has 0 spiro atoms. The molecule has 3 N–H and O–H groups in total. The Bertz CT molecular complexity index is 476. The standard InChI is InChI=1S/C16H23N3/c1-2-3-4-8-11-14(17)16-18-12-15(19-16)13-9-6-5-7-10-13/h5-7,9-10,12,14H,2-4,8,11,17H2,1H3,(H,18,19)/t14-/m0/s1. The first-order valence-electron chi connectivity index (χ1n) is 7.17. The van der Waals surface area contributed by atoms with Crippen LogP contribution in [0, 0.1) is 0 Å². The SMILES string of the molecule is CCCCCC[C@H](N)c1ncc(-c2ccccc2)[nH]1. The molecule has 1 aromatic heterocycles. The molecule has 0 bridgehead atoms. The van der Waals surface area contributed by atoms with E-state index in [1.54, 1.807) is 0 Å². The van der Waals surface area contributed by atoms with Crippen LogP contribution in [0.5, 0.6) is 0 Å². The topological polar surface area (TPSA) is 54.7 Å². The Labute approximate surface area is 115 Å². The summed E-state index contributed by atoms with van der Waals surface area (Å²) in [5.41, 5.74) is 8.37. The first-order chi connectivity index (χ1) is 9.31. The van der Waals surface area contributed by atoms with Crippen LogP contribution in [0.25, 0.3) is 11.3 Å². The van der Waals surface area contributed by atoms with Crippen LogP contribution in [-0.2, 0) is 0 Å². The van der Waals surface area contributed by atoms with Crippen molar-refractivity contribution in [3.63, 3.8) is 0 Å². The zero-order valence-corrected chi connectivity index (χ0v) is 11.6. The molecule has 102 valence electrons. The van der Waals surface area contributed by atoms with Crippen molar-refractivity contribution < 1.29 is 0 Å². The number of hydrogen-bond acceptors (Lipinski definition) is 2. The van der Waals surface area contributed by atoms with E-state index in [1.165, 1.54) is 25.7 Å². The van der Waals surface area contributed by atoms with Gasteiger partial charge in [0, 0.05) is 0 Å². The van der Waals surface area contributed by atoms with E-state index in [1.807, 2.05) is 24.4 Å². The number of nitrogens with one attached hydrogen (secondary N) is 1. The molecule has 0 radical (unpaired) electrons. The van der Waals surface area contributed by atoms with Crippen molar-refractivity contribution in [1.82, 2.24) is 9.97 Å². The van der Waals surface area contributed by atoms with Gasteiger partial charge in [0.1, 0.15) is 5.82 Å². The quantitative estimate of drug-likeness (QED) is 0.735. The van der Waals surface area contributed by atoms with E-state index in [0.717, 1.165) is 23.5 Å². The number of imidazole rings is 1. The molecule has 0 amide bonds. The number of unbranched alkanes of at least 4 members (excludes halogenated alkanes) is 3. The minimum Gasteiger partial charge on any atom is -0.341 e. The average molecular weight is 257 g/mol. The first kappa shape index (κ1) is 13.8. The highest BCUT2D eigenvalue weighted by Gasteiger charge is 2.10. The lowest BCUT2D eigenvalue weighted by molar-refractivity contribution is 0.550. The molecule has 0 saturated carbocycles. The van der Waals surface area contributed by atoms with Crippen LogP contribution >= 0.6 is 0 Å². The number of aromatic nitrogens is 2. The maximum Gasteiger partial charge on any atom is 0.123 e. The summed E-state index contributed by atoms with van der Waals surface area (Å²) >= 11 is 0. The van der Waals surface area contributed by atoms with Gasteiger partial charge >= 0.3 is 0 Å². The molecule has 1 aromatic carbocycles. The molecule has 3 heteroatoms. The number of nitrogens with zero attached hydrogens (tertiary/aromatic N) is 1. The summed E-state index contributed by atoms with van der Waals surface area (Å²) in [6.45, 7) is 2.22. The summed E-state index contributed by atoms with van der Waals surface area (Å²) < 4.78 is 0.